The first-order valence-corrected chi connectivity index (χ1v) is 5.18. The van der Waals surface area contributed by atoms with E-state index in [9.17, 15) is 0 Å². The Labute approximate surface area is 94.8 Å². The highest BCUT2D eigenvalue weighted by Gasteiger charge is 2.13. The highest BCUT2D eigenvalue weighted by molar-refractivity contribution is 5.24. The monoisotopic (exact) mass is 214 g/mol. The molecule has 1 atom stereocenters. The van der Waals surface area contributed by atoms with Crippen molar-refractivity contribution in [1.29, 1.82) is 0 Å². The van der Waals surface area contributed by atoms with Crippen molar-refractivity contribution in [2.24, 2.45) is 0 Å². The number of pyridine rings is 1. The van der Waals surface area contributed by atoms with Crippen LogP contribution < -0.4 is 5.32 Å². The highest BCUT2D eigenvalue weighted by Crippen LogP contribution is 2.18. The molecule has 0 bridgehead atoms. The fourth-order valence-corrected chi connectivity index (χ4v) is 1.67. The zero-order valence-electron chi connectivity index (χ0n) is 9.38. The summed E-state index contributed by atoms with van der Waals surface area (Å²) in [6.45, 7) is 1.89. The van der Waals surface area contributed by atoms with Crippen molar-refractivity contribution >= 4 is 0 Å². The fourth-order valence-electron chi connectivity index (χ4n) is 1.67. The molecule has 2 heterocycles. The van der Waals surface area contributed by atoms with Crippen LogP contribution in [0.4, 0.5) is 0 Å². The summed E-state index contributed by atoms with van der Waals surface area (Å²) in [5.41, 5.74) is 2.06. The maximum Gasteiger partial charge on any atom is 0.125 e. The minimum atomic E-state index is 0.0652. The minimum Gasteiger partial charge on any atom is -0.308 e. The Bertz CT molecular complexity index is 456. The molecule has 0 amide bonds. The quantitative estimate of drug-likeness (QED) is 0.841. The van der Waals surface area contributed by atoms with E-state index in [0.717, 1.165) is 17.1 Å². The van der Waals surface area contributed by atoms with E-state index >= 15 is 0 Å². The summed E-state index contributed by atoms with van der Waals surface area (Å²) in [5, 5.41) is 3.23. The molecule has 0 aliphatic carbocycles. The van der Waals surface area contributed by atoms with Crippen LogP contribution in [0.15, 0.2) is 36.8 Å². The first kappa shape index (κ1) is 10.7. The van der Waals surface area contributed by atoms with Crippen molar-refractivity contribution in [3.63, 3.8) is 0 Å². The van der Waals surface area contributed by atoms with Crippen molar-refractivity contribution in [3.05, 3.63) is 53.9 Å². The third-order valence-corrected chi connectivity index (χ3v) is 2.40. The molecule has 0 aliphatic rings. The smallest absolute Gasteiger partial charge is 0.125 e. The van der Waals surface area contributed by atoms with Gasteiger partial charge in [-0.25, -0.2) is 9.97 Å². The van der Waals surface area contributed by atoms with Gasteiger partial charge in [0.15, 0.2) is 0 Å². The zero-order valence-corrected chi connectivity index (χ0v) is 9.38. The summed E-state index contributed by atoms with van der Waals surface area (Å²) < 4.78 is 0. The second-order valence-electron chi connectivity index (χ2n) is 3.54. The number of aromatic nitrogens is 3. The lowest BCUT2D eigenvalue weighted by Crippen LogP contribution is -2.19. The lowest BCUT2D eigenvalue weighted by Gasteiger charge is -2.15. The van der Waals surface area contributed by atoms with Gasteiger partial charge in [0.25, 0.3) is 0 Å². The van der Waals surface area contributed by atoms with Crippen LogP contribution in [-0.4, -0.2) is 22.0 Å². The standard InChI is InChI=1S/C12H14N4/c1-9-15-7-5-11(16-9)12(13-2)10-4-3-6-14-8-10/h3-8,12-13H,1-2H3. The van der Waals surface area contributed by atoms with Gasteiger partial charge in [-0.15, -0.1) is 0 Å². The van der Waals surface area contributed by atoms with Crippen LogP contribution >= 0.6 is 0 Å². The molecule has 0 aromatic carbocycles. The van der Waals surface area contributed by atoms with Gasteiger partial charge in [-0.1, -0.05) is 6.07 Å². The van der Waals surface area contributed by atoms with E-state index < -0.39 is 0 Å². The molecule has 82 valence electrons. The molecule has 4 nitrogen and oxygen atoms in total. The van der Waals surface area contributed by atoms with Crippen molar-refractivity contribution in [2.75, 3.05) is 7.05 Å². The van der Waals surface area contributed by atoms with Gasteiger partial charge in [-0.2, -0.15) is 0 Å². The summed E-state index contributed by atoms with van der Waals surface area (Å²) in [7, 11) is 1.91. The Morgan fingerprint density at radius 1 is 1.25 bits per heavy atom. The van der Waals surface area contributed by atoms with E-state index in [2.05, 4.69) is 20.3 Å². The molecule has 0 aliphatic heterocycles. The summed E-state index contributed by atoms with van der Waals surface area (Å²) in [4.78, 5) is 12.6. The van der Waals surface area contributed by atoms with Crippen LogP contribution in [-0.2, 0) is 0 Å². The van der Waals surface area contributed by atoms with Crippen LogP contribution in [0.3, 0.4) is 0 Å². The highest BCUT2D eigenvalue weighted by atomic mass is 14.9. The minimum absolute atomic E-state index is 0.0652. The Morgan fingerprint density at radius 2 is 2.12 bits per heavy atom. The average molecular weight is 214 g/mol. The van der Waals surface area contributed by atoms with Gasteiger partial charge in [0.1, 0.15) is 5.82 Å². The zero-order chi connectivity index (χ0) is 11.4. The lowest BCUT2D eigenvalue weighted by molar-refractivity contribution is 0.662. The third kappa shape index (κ3) is 2.23. The van der Waals surface area contributed by atoms with Crippen LogP contribution in [0.5, 0.6) is 0 Å². The number of nitrogens with one attached hydrogen (secondary N) is 1. The van der Waals surface area contributed by atoms with Gasteiger partial charge in [-0.3, -0.25) is 4.98 Å². The average Bonchev–Trinajstić information content (AvgIpc) is 2.31. The second-order valence-corrected chi connectivity index (χ2v) is 3.54. The number of hydrogen-bond donors (Lipinski definition) is 1. The van der Waals surface area contributed by atoms with Gasteiger partial charge in [0.2, 0.25) is 0 Å². The lowest BCUT2D eigenvalue weighted by atomic mass is 10.1. The van der Waals surface area contributed by atoms with Crippen LogP contribution in [0, 0.1) is 6.92 Å². The molecule has 0 saturated carbocycles. The van der Waals surface area contributed by atoms with E-state index in [0.29, 0.717) is 0 Å². The largest absolute Gasteiger partial charge is 0.308 e. The molecule has 2 aromatic rings. The topological polar surface area (TPSA) is 50.7 Å². The first-order valence-electron chi connectivity index (χ1n) is 5.18. The van der Waals surface area contributed by atoms with Gasteiger partial charge in [0, 0.05) is 18.6 Å². The maximum absolute atomic E-state index is 4.42. The molecule has 16 heavy (non-hydrogen) atoms. The van der Waals surface area contributed by atoms with E-state index in [1.54, 1.807) is 12.4 Å². The Morgan fingerprint density at radius 3 is 2.75 bits per heavy atom. The predicted octanol–water partition coefficient (Wildman–Crippen LogP) is 1.49. The third-order valence-electron chi connectivity index (χ3n) is 2.40. The molecule has 0 radical (unpaired) electrons. The Kier molecular flexibility index (Phi) is 3.22. The molecule has 0 saturated heterocycles. The number of nitrogens with zero attached hydrogens (tertiary/aromatic N) is 3. The maximum atomic E-state index is 4.42. The van der Waals surface area contributed by atoms with Gasteiger partial charge in [0.05, 0.1) is 11.7 Å². The number of hydrogen-bond acceptors (Lipinski definition) is 4. The summed E-state index contributed by atoms with van der Waals surface area (Å²) >= 11 is 0. The van der Waals surface area contributed by atoms with Gasteiger partial charge < -0.3 is 5.32 Å². The molecule has 1 unspecified atom stereocenters. The first-order chi connectivity index (χ1) is 7.81. The molecule has 0 fully saturated rings. The van der Waals surface area contributed by atoms with Crippen molar-refractivity contribution in [3.8, 4) is 0 Å². The second kappa shape index (κ2) is 4.81. The molecule has 4 heteroatoms. The number of rotatable bonds is 3. The van der Waals surface area contributed by atoms with E-state index in [1.165, 1.54) is 0 Å². The van der Waals surface area contributed by atoms with Crippen LogP contribution in [0.2, 0.25) is 0 Å². The van der Waals surface area contributed by atoms with E-state index in [4.69, 9.17) is 0 Å². The van der Waals surface area contributed by atoms with Crippen molar-refractivity contribution in [1.82, 2.24) is 20.3 Å². The molecular formula is C12H14N4. The molecule has 2 aromatic heterocycles. The van der Waals surface area contributed by atoms with Gasteiger partial charge in [-0.05, 0) is 31.7 Å². The molecular weight excluding hydrogens is 200 g/mol. The summed E-state index contributed by atoms with van der Waals surface area (Å²) in [6.07, 6.45) is 5.39. The van der Waals surface area contributed by atoms with Crippen LogP contribution in [0.1, 0.15) is 23.1 Å². The van der Waals surface area contributed by atoms with Gasteiger partial charge >= 0.3 is 0 Å². The summed E-state index contributed by atoms with van der Waals surface area (Å²) in [6, 6.07) is 5.94. The molecule has 1 N–H and O–H groups in total. The predicted molar refractivity (Wildman–Crippen MR) is 61.9 cm³/mol. The van der Waals surface area contributed by atoms with E-state index in [-0.39, 0.29) is 6.04 Å². The van der Waals surface area contributed by atoms with Crippen molar-refractivity contribution in [2.45, 2.75) is 13.0 Å². The molecule has 2 rings (SSSR count). The van der Waals surface area contributed by atoms with Crippen LogP contribution in [0.25, 0.3) is 0 Å². The van der Waals surface area contributed by atoms with Crippen molar-refractivity contribution < 1.29 is 0 Å². The Balaban J connectivity index is 2.37. The molecule has 0 spiro atoms. The fraction of sp³-hybridized carbons (Fsp3) is 0.250. The number of aryl methyl sites for hydroxylation is 1. The van der Waals surface area contributed by atoms with E-state index in [1.807, 2.05) is 38.4 Å². The normalized spacial score (nSPS) is 12.4. The summed E-state index contributed by atoms with van der Waals surface area (Å²) in [5.74, 6) is 0.779. The SMILES string of the molecule is CNC(c1cccnc1)c1ccnc(C)n1. The Hall–Kier alpha value is -1.81.